The third kappa shape index (κ3) is 4.26. The standard InChI is InChI=1S/C19H29N3O2/c1-19(2,3)12-17(23)22-18-14(13-6-9-24-10-7-13)11-16-15(21-18)5-4-8-20-16/h11,13,20H,4-10,12H2,1-3H3,(H,21,22,23). The molecule has 1 aromatic rings. The van der Waals surface area contributed by atoms with Gasteiger partial charge >= 0.3 is 0 Å². The maximum Gasteiger partial charge on any atom is 0.226 e. The van der Waals surface area contributed by atoms with Crippen LogP contribution < -0.4 is 10.6 Å². The third-order valence-electron chi connectivity index (χ3n) is 4.65. The van der Waals surface area contributed by atoms with Gasteiger partial charge in [-0.05, 0) is 43.1 Å². The van der Waals surface area contributed by atoms with Gasteiger partial charge in [-0.25, -0.2) is 4.98 Å². The second-order valence-corrected chi connectivity index (χ2v) is 8.12. The van der Waals surface area contributed by atoms with Crippen molar-refractivity contribution in [3.8, 4) is 0 Å². The Morgan fingerprint density at radius 3 is 2.83 bits per heavy atom. The maximum atomic E-state index is 12.4. The van der Waals surface area contributed by atoms with Crippen LogP contribution in [0.4, 0.5) is 11.5 Å². The van der Waals surface area contributed by atoms with E-state index < -0.39 is 0 Å². The lowest BCUT2D eigenvalue weighted by molar-refractivity contribution is -0.117. The van der Waals surface area contributed by atoms with Crippen molar-refractivity contribution in [1.82, 2.24) is 4.98 Å². The van der Waals surface area contributed by atoms with E-state index in [0.717, 1.165) is 68.2 Å². The Kier molecular flexibility index (Phi) is 5.09. The summed E-state index contributed by atoms with van der Waals surface area (Å²) < 4.78 is 5.50. The first-order chi connectivity index (χ1) is 11.4. The Morgan fingerprint density at radius 2 is 2.12 bits per heavy atom. The molecule has 0 unspecified atom stereocenters. The number of nitrogens with zero attached hydrogens (tertiary/aromatic N) is 1. The van der Waals surface area contributed by atoms with Gasteiger partial charge in [-0.3, -0.25) is 4.79 Å². The average Bonchev–Trinajstić information content (AvgIpc) is 2.53. The molecule has 24 heavy (non-hydrogen) atoms. The van der Waals surface area contributed by atoms with Crippen molar-refractivity contribution in [3.63, 3.8) is 0 Å². The summed E-state index contributed by atoms with van der Waals surface area (Å²) in [4.78, 5) is 17.3. The van der Waals surface area contributed by atoms with E-state index in [4.69, 9.17) is 9.72 Å². The fourth-order valence-corrected chi connectivity index (χ4v) is 3.47. The molecule has 2 aliphatic heterocycles. The number of ether oxygens (including phenoxy) is 1. The number of carbonyl (C=O) groups is 1. The zero-order chi connectivity index (χ0) is 17.2. The molecule has 0 aliphatic carbocycles. The van der Waals surface area contributed by atoms with Gasteiger partial charge < -0.3 is 15.4 Å². The molecule has 0 atom stereocenters. The number of hydrogen-bond donors (Lipinski definition) is 2. The van der Waals surface area contributed by atoms with Crippen LogP contribution >= 0.6 is 0 Å². The number of rotatable bonds is 3. The molecule has 0 bridgehead atoms. The Bertz CT molecular complexity index is 601. The number of fused-ring (bicyclic) bond motifs is 1. The highest BCUT2D eigenvalue weighted by atomic mass is 16.5. The topological polar surface area (TPSA) is 63.2 Å². The van der Waals surface area contributed by atoms with E-state index >= 15 is 0 Å². The first kappa shape index (κ1) is 17.2. The van der Waals surface area contributed by atoms with Crippen LogP contribution in [0.1, 0.15) is 63.6 Å². The summed E-state index contributed by atoms with van der Waals surface area (Å²) in [5.74, 6) is 1.22. The average molecular weight is 331 g/mol. The minimum absolute atomic E-state index is 0.0291. The van der Waals surface area contributed by atoms with Crippen molar-refractivity contribution in [2.24, 2.45) is 5.41 Å². The SMILES string of the molecule is CC(C)(C)CC(=O)Nc1nc2c(cc1C1CCOCC1)NCCC2. The molecule has 0 spiro atoms. The minimum atomic E-state index is -0.0291. The summed E-state index contributed by atoms with van der Waals surface area (Å²) in [6.07, 6.45) is 4.53. The van der Waals surface area contributed by atoms with E-state index in [1.54, 1.807) is 0 Å². The number of anilines is 2. The lowest BCUT2D eigenvalue weighted by Gasteiger charge is -2.27. The molecule has 0 aromatic carbocycles. The Labute approximate surface area is 144 Å². The molecule has 2 N–H and O–H groups in total. The van der Waals surface area contributed by atoms with Crippen LogP contribution in [0.2, 0.25) is 0 Å². The molecular formula is C19H29N3O2. The Hall–Kier alpha value is -1.62. The zero-order valence-corrected chi connectivity index (χ0v) is 15.1. The summed E-state index contributed by atoms with van der Waals surface area (Å²) in [7, 11) is 0. The van der Waals surface area contributed by atoms with Crippen molar-refractivity contribution in [1.29, 1.82) is 0 Å². The van der Waals surface area contributed by atoms with Crippen molar-refractivity contribution >= 4 is 17.4 Å². The van der Waals surface area contributed by atoms with Gasteiger partial charge in [-0.1, -0.05) is 20.8 Å². The third-order valence-corrected chi connectivity index (χ3v) is 4.65. The summed E-state index contributed by atoms with van der Waals surface area (Å²) >= 11 is 0. The van der Waals surface area contributed by atoms with E-state index in [2.05, 4.69) is 37.5 Å². The lowest BCUT2D eigenvalue weighted by Crippen LogP contribution is -2.24. The number of aryl methyl sites for hydroxylation is 1. The summed E-state index contributed by atoms with van der Waals surface area (Å²) in [5.41, 5.74) is 3.34. The second kappa shape index (κ2) is 7.09. The molecule has 2 aliphatic rings. The van der Waals surface area contributed by atoms with Crippen molar-refractivity contribution in [2.45, 2.75) is 58.8 Å². The van der Waals surface area contributed by atoms with Crippen LogP contribution in [0, 0.1) is 5.41 Å². The van der Waals surface area contributed by atoms with E-state index in [-0.39, 0.29) is 11.3 Å². The molecule has 3 heterocycles. The van der Waals surface area contributed by atoms with Crippen LogP contribution in [0.5, 0.6) is 0 Å². The largest absolute Gasteiger partial charge is 0.384 e. The number of carbonyl (C=O) groups excluding carboxylic acids is 1. The van der Waals surface area contributed by atoms with Gasteiger partial charge in [0.1, 0.15) is 5.82 Å². The molecular weight excluding hydrogens is 302 g/mol. The molecule has 1 saturated heterocycles. The van der Waals surface area contributed by atoms with E-state index in [1.165, 1.54) is 0 Å². The van der Waals surface area contributed by atoms with Gasteiger partial charge in [0.25, 0.3) is 0 Å². The van der Waals surface area contributed by atoms with Gasteiger partial charge in [0.15, 0.2) is 0 Å². The highest BCUT2D eigenvalue weighted by Gasteiger charge is 2.25. The monoisotopic (exact) mass is 331 g/mol. The number of nitrogens with one attached hydrogen (secondary N) is 2. The van der Waals surface area contributed by atoms with Crippen LogP contribution in [0.25, 0.3) is 0 Å². The number of pyridine rings is 1. The summed E-state index contributed by atoms with van der Waals surface area (Å²) in [6.45, 7) is 8.80. The fraction of sp³-hybridized carbons (Fsp3) is 0.684. The molecule has 0 saturated carbocycles. The molecule has 132 valence electrons. The van der Waals surface area contributed by atoms with Crippen LogP contribution in [0.3, 0.4) is 0 Å². The molecule has 0 radical (unpaired) electrons. The second-order valence-electron chi connectivity index (χ2n) is 8.12. The normalized spacial score (nSPS) is 18.6. The lowest BCUT2D eigenvalue weighted by atomic mass is 9.90. The molecule has 1 fully saturated rings. The molecule has 1 amide bonds. The van der Waals surface area contributed by atoms with Crippen LogP contribution in [0.15, 0.2) is 6.07 Å². The molecule has 3 rings (SSSR count). The molecule has 5 nitrogen and oxygen atoms in total. The molecule has 1 aromatic heterocycles. The van der Waals surface area contributed by atoms with Gasteiger partial charge in [0.2, 0.25) is 5.91 Å². The van der Waals surface area contributed by atoms with Gasteiger partial charge in [-0.15, -0.1) is 0 Å². The summed E-state index contributed by atoms with van der Waals surface area (Å²) in [5, 5.41) is 6.55. The first-order valence-corrected chi connectivity index (χ1v) is 9.08. The number of aromatic nitrogens is 1. The summed E-state index contributed by atoms with van der Waals surface area (Å²) in [6, 6.07) is 2.21. The maximum absolute atomic E-state index is 12.4. The quantitative estimate of drug-likeness (QED) is 0.886. The number of hydrogen-bond acceptors (Lipinski definition) is 4. The fourth-order valence-electron chi connectivity index (χ4n) is 3.47. The highest BCUT2D eigenvalue weighted by molar-refractivity contribution is 5.91. The molecule has 5 heteroatoms. The van der Waals surface area contributed by atoms with Crippen LogP contribution in [-0.4, -0.2) is 30.6 Å². The van der Waals surface area contributed by atoms with Gasteiger partial charge in [-0.2, -0.15) is 0 Å². The van der Waals surface area contributed by atoms with Crippen LogP contribution in [-0.2, 0) is 16.0 Å². The van der Waals surface area contributed by atoms with E-state index in [9.17, 15) is 4.79 Å². The minimum Gasteiger partial charge on any atom is -0.384 e. The predicted molar refractivity (Wildman–Crippen MR) is 96.5 cm³/mol. The van der Waals surface area contributed by atoms with E-state index in [1.807, 2.05) is 0 Å². The Balaban J connectivity index is 1.88. The smallest absolute Gasteiger partial charge is 0.226 e. The Morgan fingerprint density at radius 1 is 1.38 bits per heavy atom. The highest BCUT2D eigenvalue weighted by Crippen LogP contribution is 2.35. The van der Waals surface area contributed by atoms with Crippen molar-refractivity contribution in [3.05, 3.63) is 17.3 Å². The van der Waals surface area contributed by atoms with Crippen molar-refractivity contribution < 1.29 is 9.53 Å². The van der Waals surface area contributed by atoms with Gasteiger partial charge in [0, 0.05) is 31.7 Å². The number of amides is 1. The predicted octanol–water partition coefficient (Wildman–Crippen LogP) is 3.71. The van der Waals surface area contributed by atoms with Gasteiger partial charge in [0.05, 0.1) is 11.4 Å². The zero-order valence-electron chi connectivity index (χ0n) is 15.1. The van der Waals surface area contributed by atoms with Crippen molar-refractivity contribution in [2.75, 3.05) is 30.4 Å². The first-order valence-electron chi connectivity index (χ1n) is 9.08. The van der Waals surface area contributed by atoms with E-state index in [0.29, 0.717) is 12.3 Å².